The van der Waals surface area contributed by atoms with Crippen molar-refractivity contribution < 1.29 is 14.4 Å². The lowest BCUT2D eigenvalue weighted by atomic mass is 10.1. The molecule has 1 aliphatic rings. The number of halogens is 1. The lowest BCUT2D eigenvalue weighted by Gasteiger charge is -2.23. The van der Waals surface area contributed by atoms with E-state index in [1.54, 1.807) is 30.1 Å². The molecule has 0 unspecified atom stereocenters. The number of carbonyl (C=O) groups is 3. The molecule has 2 aromatic rings. The molecule has 1 fully saturated rings. The van der Waals surface area contributed by atoms with Crippen molar-refractivity contribution in [2.75, 3.05) is 30.4 Å². The van der Waals surface area contributed by atoms with Gasteiger partial charge >= 0.3 is 0 Å². The maximum absolute atomic E-state index is 12.9. The van der Waals surface area contributed by atoms with Gasteiger partial charge in [0, 0.05) is 30.7 Å². The molecule has 1 N–H and O–H groups in total. The number of nitrogens with zero attached hydrogens (tertiary/aromatic N) is 2. The van der Waals surface area contributed by atoms with Crippen molar-refractivity contribution in [2.24, 2.45) is 0 Å². The molecular weight excluding hydrogens is 378 g/mol. The smallest absolute Gasteiger partial charge is 0.256 e. The van der Waals surface area contributed by atoms with E-state index in [4.69, 9.17) is 11.6 Å². The van der Waals surface area contributed by atoms with Crippen LogP contribution in [0.4, 0.5) is 11.4 Å². The Morgan fingerprint density at radius 2 is 1.89 bits per heavy atom. The van der Waals surface area contributed by atoms with E-state index >= 15 is 0 Å². The first-order valence-electron chi connectivity index (χ1n) is 9.07. The van der Waals surface area contributed by atoms with Crippen LogP contribution in [0.3, 0.4) is 0 Å². The number of anilines is 2. The predicted octanol–water partition coefficient (Wildman–Crippen LogP) is 3.49. The summed E-state index contributed by atoms with van der Waals surface area (Å²) in [5, 5.41) is 3.22. The maximum Gasteiger partial charge on any atom is 0.256 e. The zero-order valence-electron chi connectivity index (χ0n) is 15.9. The summed E-state index contributed by atoms with van der Waals surface area (Å²) in [5.74, 6) is -0.672. The van der Waals surface area contributed by atoms with Gasteiger partial charge in [0.15, 0.2) is 0 Å². The van der Waals surface area contributed by atoms with Crippen molar-refractivity contribution in [3.63, 3.8) is 0 Å². The monoisotopic (exact) mass is 399 g/mol. The highest BCUT2D eigenvalue weighted by Gasteiger charge is 2.27. The molecule has 1 heterocycles. The van der Waals surface area contributed by atoms with Crippen LogP contribution in [0, 0.1) is 6.92 Å². The first kappa shape index (κ1) is 19.9. The van der Waals surface area contributed by atoms with Gasteiger partial charge in [0.1, 0.15) is 0 Å². The summed E-state index contributed by atoms with van der Waals surface area (Å²) in [5.41, 5.74) is 2.61. The standard InChI is InChI=1S/C21H22ClN3O3/c1-14-5-8-16(9-6-14)23-19(26)13-24(2)21(28)17-10-7-15(22)12-18(17)25-11-3-4-20(25)27/h5-10,12H,3-4,11,13H2,1-2H3,(H,23,26). The van der Waals surface area contributed by atoms with Crippen molar-refractivity contribution in [1.29, 1.82) is 0 Å². The van der Waals surface area contributed by atoms with Gasteiger partial charge < -0.3 is 15.1 Å². The number of likely N-dealkylation sites (N-methyl/N-ethyl adjacent to an activating group) is 1. The normalized spacial score (nSPS) is 13.5. The van der Waals surface area contributed by atoms with Crippen LogP contribution in [0.1, 0.15) is 28.8 Å². The van der Waals surface area contributed by atoms with Gasteiger partial charge in [-0.1, -0.05) is 29.3 Å². The van der Waals surface area contributed by atoms with Gasteiger partial charge in [0.2, 0.25) is 11.8 Å². The minimum Gasteiger partial charge on any atom is -0.332 e. The summed E-state index contributed by atoms with van der Waals surface area (Å²) < 4.78 is 0. The molecule has 1 aliphatic heterocycles. The van der Waals surface area contributed by atoms with Gasteiger partial charge in [0.05, 0.1) is 17.8 Å². The van der Waals surface area contributed by atoms with Crippen LogP contribution >= 0.6 is 11.6 Å². The molecule has 0 atom stereocenters. The first-order chi connectivity index (χ1) is 13.3. The number of hydrogen-bond acceptors (Lipinski definition) is 3. The molecule has 3 rings (SSSR count). The quantitative estimate of drug-likeness (QED) is 0.836. The number of amides is 3. The Kier molecular flexibility index (Phi) is 5.99. The molecule has 0 spiro atoms. The summed E-state index contributed by atoms with van der Waals surface area (Å²) in [4.78, 5) is 40.3. The van der Waals surface area contributed by atoms with Gasteiger partial charge in [-0.05, 0) is 43.7 Å². The molecule has 28 heavy (non-hydrogen) atoms. The van der Waals surface area contributed by atoms with Crippen LogP contribution in [0.5, 0.6) is 0 Å². The number of carbonyl (C=O) groups excluding carboxylic acids is 3. The van der Waals surface area contributed by atoms with E-state index in [9.17, 15) is 14.4 Å². The topological polar surface area (TPSA) is 69.7 Å². The average molecular weight is 400 g/mol. The third-order valence-corrected chi connectivity index (χ3v) is 4.85. The SMILES string of the molecule is Cc1ccc(NC(=O)CN(C)C(=O)c2ccc(Cl)cc2N2CCCC2=O)cc1. The van der Waals surface area contributed by atoms with Crippen LogP contribution in [0.15, 0.2) is 42.5 Å². The van der Waals surface area contributed by atoms with E-state index in [0.717, 1.165) is 12.0 Å². The van der Waals surface area contributed by atoms with Gasteiger partial charge in [0.25, 0.3) is 5.91 Å². The van der Waals surface area contributed by atoms with Gasteiger partial charge in [-0.15, -0.1) is 0 Å². The summed E-state index contributed by atoms with van der Waals surface area (Å²) >= 11 is 6.09. The highest BCUT2D eigenvalue weighted by molar-refractivity contribution is 6.31. The summed E-state index contributed by atoms with van der Waals surface area (Å²) in [7, 11) is 1.56. The molecular formula is C21H22ClN3O3. The molecule has 0 bridgehead atoms. The van der Waals surface area contributed by atoms with Crippen molar-refractivity contribution in [3.8, 4) is 0 Å². The summed E-state index contributed by atoms with van der Waals surface area (Å²) in [6, 6.07) is 12.3. The molecule has 0 aliphatic carbocycles. The van der Waals surface area contributed by atoms with Gasteiger partial charge in [-0.3, -0.25) is 14.4 Å². The first-order valence-corrected chi connectivity index (χ1v) is 9.45. The molecule has 1 saturated heterocycles. The minimum atomic E-state index is -0.342. The highest BCUT2D eigenvalue weighted by atomic mass is 35.5. The third-order valence-electron chi connectivity index (χ3n) is 4.62. The summed E-state index contributed by atoms with van der Waals surface area (Å²) in [6.45, 7) is 2.41. The Labute approximate surface area is 169 Å². The molecule has 0 radical (unpaired) electrons. The van der Waals surface area contributed by atoms with Gasteiger partial charge in [-0.2, -0.15) is 0 Å². The number of nitrogens with one attached hydrogen (secondary N) is 1. The van der Waals surface area contributed by atoms with Crippen LogP contribution in [-0.2, 0) is 9.59 Å². The fourth-order valence-corrected chi connectivity index (χ4v) is 3.31. The molecule has 6 nitrogen and oxygen atoms in total. The lowest BCUT2D eigenvalue weighted by molar-refractivity contribution is -0.117. The highest BCUT2D eigenvalue weighted by Crippen LogP contribution is 2.29. The molecule has 146 valence electrons. The van der Waals surface area contributed by atoms with Crippen LogP contribution < -0.4 is 10.2 Å². The number of benzene rings is 2. The van der Waals surface area contributed by atoms with E-state index in [-0.39, 0.29) is 24.3 Å². The van der Waals surface area contributed by atoms with Crippen molar-refractivity contribution in [2.45, 2.75) is 19.8 Å². The fraction of sp³-hybridized carbons (Fsp3) is 0.286. The molecule has 0 aromatic heterocycles. The summed E-state index contributed by atoms with van der Waals surface area (Å²) in [6.07, 6.45) is 1.20. The van der Waals surface area contributed by atoms with E-state index < -0.39 is 0 Å². The fourth-order valence-electron chi connectivity index (χ4n) is 3.14. The number of rotatable bonds is 5. The van der Waals surface area contributed by atoms with Crippen LogP contribution in [0.2, 0.25) is 5.02 Å². The number of hydrogen-bond donors (Lipinski definition) is 1. The molecule has 3 amide bonds. The third kappa shape index (κ3) is 4.51. The Morgan fingerprint density at radius 3 is 2.54 bits per heavy atom. The maximum atomic E-state index is 12.9. The molecule has 0 saturated carbocycles. The number of aryl methyl sites for hydroxylation is 1. The van der Waals surface area contributed by atoms with Crippen LogP contribution in [0.25, 0.3) is 0 Å². The van der Waals surface area contributed by atoms with Gasteiger partial charge in [-0.25, -0.2) is 0 Å². The molecule has 2 aromatic carbocycles. The van der Waals surface area contributed by atoms with E-state index in [2.05, 4.69) is 5.32 Å². The Balaban J connectivity index is 1.73. The largest absolute Gasteiger partial charge is 0.332 e. The second kappa shape index (κ2) is 8.44. The van der Waals surface area contributed by atoms with Crippen molar-refractivity contribution >= 4 is 40.7 Å². The Hall–Kier alpha value is -2.86. The molecule has 7 heteroatoms. The second-order valence-electron chi connectivity index (χ2n) is 6.89. The predicted molar refractivity (Wildman–Crippen MR) is 110 cm³/mol. The zero-order chi connectivity index (χ0) is 20.3. The van der Waals surface area contributed by atoms with E-state index in [1.807, 2.05) is 31.2 Å². The lowest BCUT2D eigenvalue weighted by Crippen LogP contribution is -2.36. The second-order valence-corrected chi connectivity index (χ2v) is 7.32. The Bertz CT molecular complexity index is 912. The van der Waals surface area contributed by atoms with E-state index in [1.165, 1.54) is 4.90 Å². The van der Waals surface area contributed by atoms with E-state index in [0.29, 0.717) is 34.9 Å². The Morgan fingerprint density at radius 1 is 1.18 bits per heavy atom. The minimum absolute atomic E-state index is 0.0314. The van der Waals surface area contributed by atoms with Crippen LogP contribution in [-0.4, -0.2) is 42.8 Å². The zero-order valence-corrected chi connectivity index (χ0v) is 16.6. The van der Waals surface area contributed by atoms with Crippen molar-refractivity contribution in [3.05, 3.63) is 58.6 Å². The average Bonchev–Trinajstić information content (AvgIpc) is 3.08. The van der Waals surface area contributed by atoms with Crippen molar-refractivity contribution in [1.82, 2.24) is 4.90 Å².